The third-order valence-corrected chi connectivity index (χ3v) is 6.63. The molecule has 2 fully saturated rings. The minimum absolute atomic E-state index is 0.0278. The Labute approximate surface area is 201 Å². The molecule has 0 spiro atoms. The molecular formula is C24H26F2N6O3. The number of rotatable bonds is 3. The Hall–Kier alpha value is -3.60. The Balaban J connectivity index is 1.30. The Morgan fingerprint density at radius 3 is 2.74 bits per heavy atom. The second-order valence-electron chi connectivity index (χ2n) is 8.81. The van der Waals surface area contributed by atoms with Crippen molar-refractivity contribution in [3.05, 3.63) is 58.7 Å². The van der Waals surface area contributed by atoms with E-state index >= 15 is 0 Å². The summed E-state index contributed by atoms with van der Waals surface area (Å²) >= 11 is 0. The van der Waals surface area contributed by atoms with Gasteiger partial charge in [-0.15, -0.1) is 0 Å². The van der Waals surface area contributed by atoms with E-state index in [0.717, 1.165) is 6.42 Å². The number of allylic oxidation sites excluding steroid dienone is 2. The van der Waals surface area contributed by atoms with Crippen molar-refractivity contribution >= 4 is 24.1 Å². The molecule has 11 heteroatoms. The van der Waals surface area contributed by atoms with E-state index in [1.54, 1.807) is 11.0 Å². The highest BCUT2D eigenvalue weighted by atomic mass is 19.1. The molecule has 184 valence electrons. The summed E-state index contributed by atoms with van der Waals surface area (Å²) < 4.78 is 29.0. The highest BCUT2D eigenvalue weighted by Gasteiger charge is 2.39. The molecule has 4 aliphatic rings. The molecule has 1 aliphatic carbocycles. The molecule has 3 heterocycles. The third kappa shape index (κ3) is 4.55. The van der Waals surface area contributed by atoms with E-state index in [2.05, 4.69) is 15.3 Å². The van der Waals surface area contributed by atoms with Crippen LogP contribution in [-0.4, -0.2) is 88.9 Å². The van der Waals surface area contributed by atoms with Crippen LogP contribution >= 0.6 is 0 Å². The number of piperazine rings is 1. The minimum Gasteiger partial charge on any atom is -0.369 e. The number of amides is 3. The fourth-order valence-electron chi connectivity index (χ4n) is 4.79. The monoisotopic (exact) mass is 484 g/mol. The van der Waals surface area contributed by atoms with Crippen molar-refractivity contribution in [1.29, 1.82) is 0 Å². The lowest BCUT2D eigenvalue weighted by Crippen LogP contribution is -2.58. The third-order valence-electron chi connectivity index (χ3n) is 6.63. The minimum atomic E-state index is -1.40. The van der Waals surface area contributed by atoms with Crippen molar-refractivity contribution in [2.75, 3.05) is 32.7 Å². The Morgan fingerprint density at radius 2 is 2.00 bits per heavy atom. The molecule has 2 atom stereocenters. The lowest BCUT2D eigenvalue weighted by molar-refractivity contribution is 0.0686. The van der Waals surface area contributed by atoms with Gasteiger partial charge in [-0.3, -0.25) is 9.79 Å². The molecule has 1 aromatic carbocycles. The van der Waals surface area contributed by atoms with E-state index in [-0.39, 0.29) is 17.7 Å². The summed E-state index contributed by atoms with van der Waals surface area (Å²) in [5.41, 5.74) is 0.544. The quantitative estimate of drug-likeness (QED) is 0.684. The van der Waals surface area contributed by atoms with Gasteiger partial charge in [-0.2, -0.15) is 0 Å². The molecule has 2 unspecified atom stereocenters. The Morgan fingerprint density at radius 1 is 1.20 bits per heavy atom. The summed E-state index contributed by atoms with van der Waals surface area (Å²) in [6, 6.07) is 2.93. The van der Waals surface area contributed by atoms with Gasteiger partial charge in [0.1, 0.15) is 11.6 Å². The van der Waals surface area contributed by atoms with E-state index < -0.39 is 35.9 Å². The van der Waals surface area contributed by atoms with Crippen LogP contribution in [-0.2, 0) is 6.54 Å². The fraction of sp³-hybridized carbons (Fsp3) is 0.417. The number of urea groups is 1. The van der Waals surface area contributed by atoms with Crippen molar-refractivity contribution in [2.24, 2.45) is 9.98 Å². The normalized spacial score (nSPS) is 24.4. The van der Waals surface area contributed by atoms with Crippen molar-refractivity contribution in [2.45, 2.75) is 31.7 Å². The summed E-state index contributed by atoms with van der Waals surface area (Å²) in [5, 5.41) is 12.5. The second kappa shape index (κ2) is 9.57. The van der Waals surface area contributed by atoms with Crippen LogP contribution in [0, 0.1) is 5.82 Å². The smallest absolute Gasteiger partial charge is 0.320 e. The van der Waals surface area contributed by atoms with Gasteiger partial charge in [0.05, 0.1) is 11.6 Å². The number of benzene rings is 1. The lowest BCUT2D eigenvalue weighted by Gasteiger charge is -2.41. The first-order valence-electron chi connectivity index (χ1n) is 11.6. The zero-order chi connectivity index (χ0) is 24.5. The van der Waals surface area contributed by atoms with Crippen LogP contribution in [0.25, 0.3) is 0 Å². The van der Waals surface area contributed by atoms with Crippen LogP contribution in [0.15, 0.2) is 51.7 Å². The number of nitrogens with zero attached hydrogens (tertiary/aromatic N) is 5. The zero-order valence-corrected chi connectivity index (χ0v) is 19.0. The van der Waals surface area contributed by atoms with Gasteiger partial charge in [0.15, 0.2) is 6.23 Å². The van der Waals surface area contributed by atoms with Crippen LogP contribution in [0.5, 0.6) is 0 Å². The lowest BCUT2D eigenvalue weighted by atomic mass is 9.92. The molecule has 3 aliphatic heterocycles. The predicted octanol–water partition coefficient (Wildman–Crippen LogP) is 1.81. The molecule has 2 saturated heterocycles. The number of aliphatic imine (C=N–C) groups is 2. The van der Waals surface area contributed by atoms with Gasteiger partial charge in [-0.1, -0.05) is 12.1 Å². The second-order valence-corrected chi connectivity index (χ2v) is 8.81. The summed E-state index contributed by atoms with van der Waals surface area (Å²) in [6.45, 7) is 2.65. The molecule has 35 heavy (non-hydrogen) atoms. The molecule has 9 nitrogen and oxygen atoms in total. The molecular weight excluding hydrogens is 458 g/mol. The van der Waals surface area contributed by atoms with Gasteiger partial charge in [-0.05, 0) is 30.2 Å². The van der Waals surface area contributed by atoms with E-state index in [1.807, 2.05) is 11.1 Å². The zero-order valence-electron chi connectivity index (χ0n) is 19.0. The maximum absolute atomic E-state index is 14.7. The van der Waals surface area contributed by atoms with Crippen molar-refractivity contribution in [3.8, 4) is 0 Å². The van der Waals surface area contributed by atoms with E-state index in [0.29, 0.717) is 50.7 Å². The average Bonchev–Trinajstić information content (AvgIpc) is 2.87. The largest absolute Gasteiger partial charge is 0.369 e. The molecule has 0 bridgehead atoms. The van der Waals surface area contributed by atoms with Crippen LogP contribution in [0.1, 0.15) is 28.8 Å². The van der Waals surface area contributed by atoms with Crippen molar-refractivity contribution < 1.29 is 23.5 Å². The van der Waals surface area contributed by atoms with Crippen molar-refractivity contribution in [1.82, 2.24) is 20.0 Å². The number of guanidine groups is 1. The molecule has 3 amide bonds. The number of aliphatic hydroxyl groups excluding tert-OH is 1. The number of halogens is 2. The van der Waals surface area contributed by atoms with Gasteiger partial charge in [-0.25, -0.2) is 18.6 Å². The molecule has 0 radical (unpaired) electrons. The molecule has 0 aromatic heterocycles. The van der Waals surface area contributed by atoms with Crippen LogP contribution < -0.4 is 5.32 Å². The maximum atomic E-state index is 14.7. The predicted molar refractivity (Wildman–Crippen MR) is 125 cm³/mol. The number of aliphatic hydroxyl groups is 1. The molecule has 5 rings (SSSR count). The molecule has 2 N–H and O–H groups in total. The van der Waals surface area contributed by atoms with Gasteiger partial charge >= 0.3 is 6.03 Å². The number of fused-ring (bicyclic) bond motifs is 1. The average molecular weight is 485 g/mol. The van der Waals surface area contributed by atoms with E-state index in [9.17, 15) is 23.5 Å². The maximum Gasteiger partial charge on any atom is 0.320 e. The van der Waals surface area contributed by atoms with Crippen LogP contribution in [0.4, 0.5) is 13.6 Å². The summed E-state index contributed by atoms with van der Waals surface area (Å²) in [6.07, 6.45) is 4.47. The standard InChI is InChI=1S/C24H26F2N6O3/c25-17-6-5-15(14-32-19-4-1-3-18(26)20(19)21(33)29-24(32)35)13-16(17)22(34)30-9-11-31(12-10-30)23-27-7-2-8-28-23/h1,3,5-7,13,19,21,33H,2,4,8-12,14H2,(H,29,35). The topological polar surface area (TPSA) is 101 Å². The Bertz CT molecular complexity index is 1160. The highest BCUT2D eigenvalue weighted by Crippen LogP contribution is 2.31. The summed E-state index contributed by atoms with van der Waals surface area (Å²) in [7, 11) is 0. The van der Waals surface area contributed by atoms with Crippen LogP contribution in [0.2, 0.25) is 0 Å². The summed E-state index contributed by atoms with van der Waals surface area (Å²) in [4.78, 5) is 39.4. The SMILES string of the molecule is O=C(c1cc(CN2C(=O)NC(O)C3=C(F)C=CCC32)ccc1F)N1CCN(C2=NCCC=N2)CC1. The molecule has 0 saturated carbocycles. The van der Waals surface area contributed by atoms with Gasteiger partial charge in [0.2, 0.25) is 5.96 Å². The van der Waals surface area contributed by atoms with Crippen molar-refractivity contribution in [3.63, 3.8) is 0 Å². The number of carbonyl (C=O) groups excluding carboxylic acids is 2. The fourth-order valence-corrected chi connectivity index (χ4v) is 4.79. The number of carbonyl (C=O) groups is 2. The van der Waals surface area contributed by atoms with Gasteiger partial charge in [0.25, 0.3) is 5.91 Å². The Kier molecular flexibility index (Phi) is 6.33. The highest BCUT2D eigenvalue weighted by molar-refractivity contribution is 5.95. The first-order chi connectivity index (χ1) is 16.9. The summed E-state index contributed by atoms with van der Waals surface area (Å²) in [5.74, 6) is -0.987. The number of hydrogen-bond donors (Lipinski definition) is 2. The molecule has 1 aromatic rings. The van der Waals surface area contributed by atoms with E-state index in [4.69, 9.17) is 0 Å². The number of nitrogens with one attached hydrogen (secondary N) is 1. The van der Waals surface area contributed by atoms with E-state index in [1.165, 1.54) is 29.2 Å². The van der Waals surface area contributed by atoms with Gasteiger partial charge < -0.3 is 25.1 Å². The van der Waals surface area contributed by atoms with Crippen LogP contribution in [0.3, 0.4) is 0 Å². The first kappa shape index (κ1) is 23.2. The number of hydrogen-bond acceptors (Lipinski definition) is 6. The van der Waals surface area contributed by atoms with Gasteiger partial charge in [0, 0.05) is 57.5 Å². The first-order valence-corrected chi connectivity index (χ1v) is 11.6.